The van der Waals surface area contributed by atoms with Crippen LogP contribution >= 0.6 is 0 Å². The summed E-state index contributed by atoms with van der Waals surface area (Å²) in [6.07, 6.45) is 0.695. The fourth-order valence-corrected chi connectivity index (χ4v) is 2.86. The minimum absolute atomic E-state index is 0.134. The van der Waals surface area contributed by atoms with Crippen molar-refractivity contribution in [2.24, 2.45) is 0 Å². The zero-order chi connectivity index (χ0) is 16.2. The van der Waals surface area contributed by atoms with Crippen molar-refractivity contribution in [1.29, 1.82) is 0 Å². The van der Waals surface area contributed by atoms with Crippen molar-refractivity contribution in [3.63, 3.8) is 0 Å². The normalized spacial score (nSPS) is 12.0. The maximum absolute atomic E-state index is 12.4. The Morgan fingerprint density at radius 2 is 1.70 bits per heavy atom. The van der Waals surface area contributed by atoms with Crippen molar-refractivity contribution in [2.45, 2.75) is 19.4 Å². The molecule has 0 heterocycles. The molecule has 0 bridgehead atoms. The van der Waals surface area contributed by atoms with Gasteiger partial charge >= 0.3 is 0 Å². The van der Waals surface area contributed by atoms with Gasteiger partial charge in [0.15, 0.2) is 0 Å². The Labute approximate surface area is 135 Å². The van der Waals surface area contributed by atoms with Gasteiger partial charge in [-0.25, -0.2) is 0 Å². The van der Waals surface area contributed by atoms with E-state index in [9.17, 15) is 9.90 Å². The Balaban J connectivity index is 1.98. The summed E-state index contributed by atoms with van der Waals surface area (Å²) in [6, 6.07) is 20.3. The van der Waals surface area contributed by atoms with Gasteiger partial charge in [0.2, 0.25) is 0 Å². The van der Waals surface area contributed by atoms with Gasteiger partial charge in [0, 0.05) is 11.1 Å². The van der Waals surface area contributed by atoms with Crippen LogP contribution in [0, 0.1) is 0 Å². The molecule has 3 nitrogen and oxygen atoms in total. The third-order valence-electron chi connectivity index (χ3n) is 4.05. The lowest BCUT2D eigenvalue weighted by molar-refractivity contribution is 0.0935. The summed E-state index contributed by atoms with van der Waals surface area (Å²) in [7, 11) is 0. The molecule has 116 valence electrons. The van der Waals surface area contributed by atoms with Gasteiger partial charge in [0.1, 0.15) is 5.75 Å². The number of phenols is 1. The highest BCUT2D eigenvalue weighted by molar-refractivity contribution is 5.95. The first-order chi connectivity index (χ1) is 11.2. The summed E-state index contributed by atoms with van der Waals surface area (Å²) in [6.45, 7) is 2.00. The third kappa shape index (κ3) is 3.04. The van der Waals surface area contributed by atoms with Crippen LogP contribution < -0.4 is 5.32 Å². The highest BCUT2D eigenvalue weighted by atomic mass is 16.3. The molecule has 0 fully saturated rings. The average Bonchev–Trinajstić information content (AvgIpc) is 2.60. The fourth-order valence-electron chi connectivity index (χ4n) is 2.86. The van der Waals surface area contributed by atoms with E-state index in [1.54, 1.807) is 18.2 Å². The lowest BCUT2D eigenvalue weighted by atomic mass is 9.95. The quantitative estimate of drug-likeness (QED) is 0.749. The first kappa shape index (κ1) is 15.1. The summed E-state index contributed by atoms with van der Waals surface area (Å²) in [5.74, 6) is 0.0775. The number of rotatable bonds is 4. The van der Waals surface area contributed by atoms with Crippen LogP contribution in [-0.4, -0.2) is 11.0 Å². The number of fused-ring (bicyclic) bond motifs is 1. The monoisotopic (exact) mass is 305 g/mol. The van der Waals surface area contributed by atoms with Crippen LogP contribution in [0.3, 0.4) is 0 Å². The summed E-state index contributed by atoms with van der Waals surface area (Å²) in [5, 5.41) is 15.4. The molecule has 0 saturated carbocycles. The molecule has 0 radical (unpaired) electrons. The molecule has 0 saturated heterocycles. The number of benzene rings is 3. The van der Waals surface area contributed by atoms with E-state index < -0.39 is 0 Å². The number of nitrogens with one attached hydrogen (secondary N) is 1. The number of aromatic hydroxyl groups is 1. The van der Waals surface area contributed by atoms with Gasteiger partial charge in [-0.3, -0.25) is 4.79 Å². The smallest absolute Gasteiger partial charge is 0.251 e. The van der Waals surface area contributed by atoms with E-state index in [1.165, 1.54) is 0 Å². The molecule has 0 spiro atoms. The second kappa shape index (κ2) is 6.53. The molecule has 3 rings (SSSR count). The molecule has 0 aliphatic rings. The van der Waals surface area contributed by atoms with Crippen molar-refractivity contribution >= 4 is 16.7 Å². The number of carbonyl (C=O) groups excluding carboxylic acids is 1. The molecule has 0 aliphatic heterocycles. The van der Waals surface area contributed by atoms with Gasteiger partial charge in [-0.1, -0.05) is 55.5 Å². The van der Waals surface area contributed by atoms with Gasteiger partial charge in [0.05, 0.1) is 6.04 Å². The van der Waals surface area contributed by atoms with Crippen molar-refractivity contribution in [3.05, 3.63) is 77.9 Å². The molecule has 2 N–H and O–H groups in total. The molecule has 3 aromatic rings. The molecule has 0 aromatic heterocycles. The van der Waals surface area contributed by atoms with E-state index in [1.807, 2.05) is 55.5 Å². The van der Waals surface area contributed by atoms with Crippen molar-refractivity contribution in [3.8, 4) is 5.75 Å². The third-order valence-corrected chi connectivity index (χ3v) is 4.05. The highest BCUT2D eigenvalue weighted by Crippen LogP contribution is 2.33. The molecule has 1 amide bonds. The zero-order valence-electron chi connectivity index (χ0n) is 13.0. The maximum Gasteiger partial charge on any atom is 0.251 e. The molecular weight excluding hydrogens is 286 g/mol. The molecule has 1 unspecified atom stereocenters. The van der Waals surface area contributed by atoms with Crippen LogP contribution in [-0.2, 0) is 0 Å². The van der Waals surface area contributed by atoms with Gasteiger partial charge in [0.25, 0.3) is 5.91 Å². The lowest BCUT2D eigenvalue weighted by Gasteiger charge is -2.20. The molecular formula is C20H19NO2. The van der Waals surface area contributed by atoms with E-state index in [4.69, 9.17) is 0 Å². The Morgan fingerprint density at radius 1 is 1.00 bits per heavy atom. The lowest BCUT2D eigenvalue weighted by Crippen LogP contribution is -2.28. The molecule has 23 heavy (non-hydrogen) atoms. The van der Waals surface area contributed by atoms with Gasteiger partial charge in [-0.15, -0.1) is 0 Å². The Bertz CT molecular complexity index is 827. The topological polar surface area (TPSA) is 49.3 Å². The van der Waals surface area contributed by atoms with Crippen LogP contribution in [0.15, 0.2) is 66.7 Å². The first-order valence-electron chi connectivity index (χ1n) is 7.77. The van der Waals surface area contributed by atoms with E-state index in [-0.39, 0.29) is 17.7 Å². The summed E-state index contributed by atoms with van der Waals surface area (Å²) >= 11 is 0. The standard InChI is InChI=1S/C20H19NO2/c1-2-17(21-20(23)15-9-4-3-5-10-15)19-16-11-7-6-8-14(16)12-13-18(19)22/h3-13,17,22H,2H2,1H3,(H,21,23). The molecule has 1 atom stereocenters. The molecule has 3 aromatic carbocycles. The minimum atomic E-state index is -0.242. The fraction of sp³-hybridized carbons (Fsp3) is 0.150. The van der Waals surface area contributed by atoms with E-state index in [0.717, 1.165) is 16.3 Å². The molecule has 0 aliphatic carbocycles. The predicted octanol–water partition coefficient (Wildman–Crippen LogP) is 4.43. The summed E-state index contributed by atoms with van der Waals surface area (Å²) < 4.78 is 0. The van der Waals surface area contributed by atoms with Crippen molar-refractivity contribution in [1.82, 2.24) is 5.32 Å². The van der Waals surface area contributed by atoms with Crippen LogP contribution in [0.2, 0.25) is 0 Å². The Morgan fingerprint density at radius 3 is 2.43 bits per heavy atom. The second-order valence-corrected chi connectivity index (χ2v) is 5.52. The Hall–Kier alpha value is -2.81. The number of amides is 1. The predicted molar refractivity (Wildman–Crippen MR) is 92.6 cm³/mol. The summed E-state index contributed by atoms with van der Waals surface area (Å²) in [4.78, 5) is 12.4. The Kier molecular flexibility index (Phi) is 4.29. The highest BCUT2D eigenvalue weighted by Gasteiger charge is 2.19. The van der Waals surface area contributed by atoms with Crippen molar-refractivity contribution < 1.29 is 9.90 Å². The maximum atomic E-state index is 12.4. The van der Waals surface area contributed by atoms with Crippen molar-refractivity contribution in [2.75, 3.05) is 0 Å². The molecule has 3 heteroatoms. The summed E-state index contributed by atoms with van der Waals surface area (Å²) in [5.41, 5.74) is 1.39. The van der Waals surface area contributed by atoms with Gasteiger partial charge in [-0.05, 0) is 35.4 Å². The first-order valence-corrected chi connectivity index (χ1v) is 7.77. The van der Waals surface area contributed by atoms with Gasteiger partial charge < -0.3 is 10.4 Å². The zero-order valence-corrected chi connectivity index (χ0v) is 13.0. The average molecular weight is 305 g/mol. The van der Waals surface area contributed by atoms with E-state index >= 15 is 0 Å². The van der Waals surface area contributed by atoms with Gasteiger partial charge in [-0.2, -0.15) is 0 Å². The second-order valence-electron chi connectivity index (χ2n) is 5.52. The minimum Gasteiger partial charge on any atom is -0.508 e. The largest absolute Gasteiger partial charge is 0.508 e. The number of phenolic OH excluding ortho intramolecular Hbond substituents is 1. The van der Waals surface area contributed by atoms with E-state index in [0.29, 0.717) is 12.0 Å². The van der Waals surface area contributed by atoms with E-state index in [2.05, 4.69) is 5.32 Å². The van der Waals surface area contributed by atoms with Crippen LogP contribution in [0.25, 0.3) is 10.8 Å². The van der Waals surface area contributed by atoms with Crippen LogP contribution in [0.1, 0.15) is 35.3 Å². The number of hydrogen-bond donors (Lipinski definition) is 2. The SMILES string of the molecule is CCC(NC(=O)c1ccccc1)c1c(O)ccc2ccccc12. The van der Waals surface area contributed by atoms with Crippen LogP contribution in [0.4, 0.5) is 0 Å². The van der Waals surface area contributed by atoms with Crippen LogP contribution in [0.5, 0.6) is 5.75 Å². The number of hydrogen-bond acceptors (Lipinski definition) is 2. The number of carbonyl (C=O) groups is 1.